The number of ether oxygens (including phenoxy) is 1. The Hall–Kier alpha value is -4.28. The highest BCUT2D eigenvalue weighted by atomic mass is 19.3. The zero-order valence-corrected chi connectivity index (χ0v) is 18.6. The van der Waals surface area contributed by atoms with E-state index in [1.54, 1.807) is 42.5 Å². The highest BCUT2D eigenvalue weighted by molar-refractivity contribution is 6.14. The molecule has 11 heteroatoms. The summed E-state index contributed by atoms with van der Waals surface area (Å²) >= 11 is 0. The minimum atomic E-state index is -2.98. The van der Waals surface area contributed by atoms with Crippen molar-refractivity contribution in [3.8, 4) is 5.75 Å². The van der Waals surface area contributed by atoms with Crippen LogP contribution in [0.3, 0.4) is 0 Å². The summed E-state index contributed by atoms with van der Waals surface area (Å²) in [6.45, 7) is -2.98. The molecule has 0 radical (unpaired) electrons. The first-order chi connectivity index (χ1) is 16.6. The van der Waals surface area contributed by atoms with Gasteiger partial charge in [0, 0.05) is 25.7 Å². The number of carboxylic acids is 1. The van der Waals surface area contributed by atoms with E-state index in [0.717, 1.165) is 11.0 Å². The lowest BCUT2D eigenvalue weighted by atomic mass is 9.97. The van der Waals surface area contributed by atoms with Gasteiger partial charge >= 0.3 is 18.6 Å². The summed E-state index contributed by atoms with van der Waals surface area (Å²) in [6.07, 6.45) is 2.17. The van der Waals surface area contributed by atoms with Crippen LogP contribution in [0.5, 0.6) is 5.75 Å². The van der Waals surface area contributed by atoms with Crippen LogP contribution in [0.25, 0.3) is 0 Å². The number of urea groups is 1. The zero-order valence-electron chi connectivity index (χ0n) is 18.6. The molecule has 9 nitrogen and oxygen atoms in total. The van der Waals surface area contributed by atoms with E-state index in [-0.39, 0.29) is 12.2 Å². The molecule has 0 saturated heterocycles. The molecule has 184 valence electrons. The van der Waals surface area contributed by atoms with E-state index in [4.69, 9.17) is 0 Å². The van der Waals surface area contributed by atoms with Gasteiger partial charge < -0.3 is 25.4 Å². The van der Waals surface area contributed by atoms with Crippen molar-refractivity contribution in [3.05, 3.63) is 77.5 Å². The minimum absolute atomic E-state index is 0.0216. The van der Waals surface area contributed by atoms with Gasteiger partial charge in [0.25, 0.3) is 5.91 Å². The molecule has 2 unspecified atom stereocenters. The van der Waals surface area contributed by atoms with Crippen LogP contribution in [0.1, 0.15) is 29.2 Å². The van der Waals surface area contributed by atoms with Gasteiger partial charge in [-0.25, -0.2) is 4.79 Å². The number of amides is 3. The normalized spacial score (nSPS) is 16.2. The molecule has 1 aliphatic rings. The number of carbonyl (C=O) groups is 4. The van der Waals surface area contributed by atoms with Crippen molar-refractivity contribution in [2.75, 3.05) is 7.05 Å². The van der Waals surface area contributed by atoms with Gasteiger partial charge in [-0.15, -0.1) is 0 Å². The second kappa shape index (κ2) is 11.2. The lowest BCUT2D eigenvalue weighted by Crippen LogP contribution is -2.55. The Morgan fingerprint density at radius 3 is 2.60 bits per heavy atom. The molecule has 3 amide bonds. The highest BCUT2D eigenvalue weighted by Crippen LogP contribution is 2.25. The average molecular weight is 487 g/mol. The number of hydrogen-bond donors (Lipinski definition) is 3. The smallest absolute Gasteiger partial charge is 0.387 e. The summed E-state index contributed by atoms with van der Waals surface area (Å²) in [5.41, 5.74) is 1.59. The largest absolute Gasteiger partial charge is 0.481 e. The number of aliphatic carboxylic acids is 1. The molecule has 3 N–H and O–H groups in total. The van der Waals surface area contributed by atoms with Crippen molar-refractivity contribution in [3.63, 3.8) is 0 Å². The topological polar surface area (TPSA) is 125 Å². The summed E-state index contributed by atoms with van der Waals surface area (Å²) in [5, 5.41) is 14.1. The first-order valence-corrected chi connectivity index (χ1v) is 10.5. The first kappa shape index (κ1) is 25.3. The summed E-state index contributed by atoms with van der Waals surface area (Å²) in [6, 6.07) is 9.59. The van der Waals surface area contributed by atoms with Crippen LogP contribution in [-0.4, -0.2) is 53.4 Å². The van der Waals surface area contributed by atoms with Crippen LogP contribution in [0, 0.1) is 0 Å². The number of carbonyl (C=O) groups excluding carboxylic acids is 3. The Balaban J connectivity index is 1.78. The Kier molecular flexibility index (Phi) is 8.13. The van der Waals surface area contributed by atoms with Crippen molar-refractivity contribution < 1.29 is 37.8 Å². The van der Waals surface area contributed by atoms with E-state index < -0.39 is 48.8 Å². The zero-order chi connectivity index (χ0) is 25.5. The summed E-state index contributed by atoms with van der Waals surface area (Å²) < 4.78 is 30.0. The van der Waals surface area contributed by atoms with Gasteiger partial charge in [-0.3, -0.25) is 14.4 Å². The highest BCUT2D eigenvalue weighted by Gasteiger charge is 2.32. The standard InChI is InChI=1S/C24H23F2N3O6/c1-29-10-9-18(30)21(22(29)33)28-24(34)27-17(13-20(31)32)15-7-4-5-14(11-15)12-16-6-2-3-8-19(16)35-23(25)26/h2-11,17,21,23H,12-13H2,1H3,(H,31,32)(H2,27,28,34). The molecular weight excluding hydrogens is 464 g/mol. The number of hydrogen-bond acceptors (Lipinski definition) is 5. The number of nitrogens with one attached hydrogen (secondary N) is 2. The van der Waals surface area contributed by atoms with Crippen LogP contribution >= 0.6 is 0 Å². The van der Waals surface area contributed by atoms with Crippen LogP contribution < -0.4 is 15.4 Å². The number of nitrogens with zero attached hydrogens (tertiary/aromatic N) is 1. The monoisotopic (exact) mass is 487 g/mol. The van der Waals surface area contributed by atoms with Crippen LogP contribution in [-0.2, 0) is 20.8 Å². The molecular formula is C24H23F2N3O6. The molecule has 35 heavy (non-hydrogen) atoms. The predicted octanol–water partition coefficient (Wildman–Crippen LogP) is 2.62. The maximum Gasteiger partial charge on any atom is 0.387 e. The third-order valence-electron chi connectivity index (χ3n) is 5.24. The summed E-state index contributed by atoms with van der Waals surface area (Å²) in [5.74, 6) is -2.41. The number of likely N-dealkylation sites (N-methyl/N-ethyl adjacent to an activating group) is 1. The number of para-hydroxylation sites is 1. The molecule has 1 aliphatic heterocycles. The van der Waals surface area contributed by atoms with Gasteiger partial charge in [0.05, 0.1) is 12.5 Å². The maximum absolute atomic E-state index is 12.7. The number of halogens is 2. The van der Waals surface area contributed by atoms with E-state index in [9.17, 15) is 33.1 Å². The van der Waals surface area contributed by atoms with Crippen molar-refractivity contribution in [2.45, 2.75) is 31.5 Å². The van der Waals surface area contributed by atoms with E-state index in [0.29, 0.717) is 16.7 Å². The van der Waals surface area contributed by atoms with Gasteiger partial charge in [-0.1, -0.05) is 42.5 Å². The molecule has 0 bridgehead atoms. The van der Waals surface area contributed by atoms with E-state index >= 15 is 0 Å². The molecule has 2 aromatic carbocycles. The minimum Gasteiger partial charge on any atom is -0.481 e. The second-order valence-corrected chi connectivity index (χ2v) is 7.78. The van der Waals surface area contributed by atoms with Crippen molar-refractivity contribution >= 4 is 23.7 Å². The van der Waals surface area contributed by atoms with E-state index in [2.05, 4.69) is 15.4 Å². The fourth-order valence-corrected chi connectivity index (χ4v) is 3.57. The van der Waals surface area contributed by atoms with Gasteiger partial charge in [0.1, 0.15) is 5.75 Å². The van der Waals surface area contributed by atoms with Gasteiger partial charge in [-0.05, 0) is 22.8 Å². The predicted molar refractivity (Wildman–Crippen MR) is 120 cm³/mol. The first-order valence-electron chi connectivity index (χ1n) is 10.5. The Labute approximate surface area is 199 Å². The van der Waals surface area contributed by atoms with Crippen molar-refractivity contribution in [1.29, 1.82) is 0 Å². The number of rotatable bonds is 9. The lowest BCUT2D eigenvalue weighted by Gasteiger charge is -2.25. The molecule has 2 atom stereocenters. The summed E-state index contributed by atoms with van der Waals surface area (Å²) in [7, 11) is 1.43. The van der Waals surface area contributed by atoms with Crippen molar-refractivity contribution in [1.82, 2.24) is 15.5 Å². The van der Waals surface area contributed by atoms with Crippen molar-refractivity contribution in [2.24, 2.45) is 0 Å². The van der Waals surface area contributed by atoms with Gasteiger partial charge in [0.15, 0.2) is 11.8 Å². The number of alkyl halides is 2. The fourth-order valence-electron chi connectivity index (χ4n) is 3.57. The molecule has 0 saturated carbocycles. The van der Waals surface area contributed by atoms with E-state index in [1.807, 2.05) is 0 Å². The molecule has 0 aliphatic carbocycles. The second-order valence-electron chi connectivity index (χ2n) is 7.78. The molecule has 0 spiro atoms. The third-order valence-corrected chi connectivity index (χ3v) is 5.24. The number of benzene rings is 2. The van der Waals surface area contributed by atoms with Gasteiger partial charge in [-0.2, -0.15) is 8.78 Å². The molecule has 3 rings (SSSR count). The Bertz CT molecular complexity index is 1150. The third kappa shape index (κ3) is 6.85. The van der Waals surface area contributed by atoms with E-state index in [1.165, 1.54) is 19.3 Å². The molecule has 2 aromatic rings. The maximum atomic E-state index is 12.7. The molecule has 1 heterocycles. The lowest BCUT2D eigenvalue weighted by molar-refractivity contribution is -0.138. The quantitative estimate of drug-likeness (QED) is 0.467. The van der Waals surface area contributed by atoms with Crippen LogP contribution in [0.15, 0.2) is 60.8 Å². The number of carboxylic acid groups (broad SMARTS) is 1. The number of ketones is 1. The van der Waals surface area contributed by atoms with Crippen LogP contribution in [0.4, 0.5) is 13.6 Å². The molecule has 0 aromatic heterocycles. The average Bonchev–Trinajstić information content (AvgIpc) is 2.80. The fraction of sp³-hybridized carbons (Fsp3) is 0.250. The molecule has 0 fully saturated rings. The summed E-state index contributed by atoms with van der Waals surface area (Å²) in [4.78, 5) is 49.3. The Morgan fingerprint density at radius 1 is 1.14 bits per heavy atom. The van der Waals surface area contributed by atoms with Crippen LogP contribution in [0.2, 0.25) is 0 Å². The van der Waals surface area contributed by atoms with Gasteiger partial charge in [0.2, 0.25) is 0 Å². The Morgan fingerprint density at radius 2 is 1.89 bits per heavy atom. The SMILES string of the molecule is CN1C=CC(=O)C(NC(=O)NC(CC(=O)O)c2cccc(Cc3ccccc3OC(F)F)c2)C1=O.